The van der Waals surface area contributed by atoms with Gasteiger partial charge in [-0.2, -0.15) is 13.2 Å². The fraction of sp³-hybridized carbons (Fsp3) is 0.235. The number of hydrogen-bond donors (Lipinski definition) is 3. The Morgan fingerprint density at radius 3 is 2.40 bits per heavy atom. The molecular formula is C17H17F3N2O2S. The molecule has 0 heterocycles. The lowest BCUT2D eigenvalue weighted by Crippen LogP contribution is -2.33. The summed E-state index contributed by atoms with van der Waals surface area (Å²) in [4.78, 5) is 12.9. The molecule has 134 valence electrons. The summed E-state index contributed by atoms with van der Waals surface area (Å²) in [7, 11) is 0. The lowest BCUT2D eigenvalue weighted by molar-refractivity contribution is -0.136. The van der Waals surface area contributed by atoms with Crippen molar-refractivity contribution in [2.75, 3.05) is 18.1 Å². The van der Waals surface area contributed by atoms with E-state index >= 15 is 0 Å². The van der Waals surface area contributed by atoms with Crippen LogP contribution in [0.15, 0.2) is 53.4 Å². The molecule has 25 heavy (non-hydrogen) atoms. The summed E-state index contributed by atoms with van der Waals surface area (Å²) in [6, 6.07) is 11.0. The van der Waals surface area contributed by atoms with Crippen LogP contribution in [0.5, 0.6) is 0 Å². The molecule has 0 aliphatic heterocycles. The first-order valence-corrected chi connectivity index (χ1v) is 8.57. The molecule has 0 spiro atoms. The van der Waals surface area contributed by atoms with Crippen LogP contribution in [0, 0.1) is 0 Å². The molecule has 2 aromatic rings. The molecule has 0 saturated carbocycles. The highest BCUT2D eigenvalue weighted by Crippen LogP contribution is 2.34. The number of hydrogen-bond acceptors (Lipinski definition) is 3. The number of carbonyl (C=O) groups excluding carboxylic acids is 1. The maximum atomic E-state index is 12.9. The number of aliphatic hydroxyl groups is 1. The van der Waals surface area contributed by atoms with Gasteiger partial charge in [-0.25, -0.2) is 4.79 Å². The minimum atomic E-state index is -4.57. The standard InChI is InChI=1S/C17H17F3N2O2S/c1-25-12-8-6-11(7-9-12)15(23)10-21-16(24)22-14-5-3-2-4-13(14)17(18,19)20/h2-9,15,23H,10H2,1H3,(H2,21,22,24). The molecule has 2 aromatic carbocycles. The van der Waals surface area contributed by atoms with Crippen LogP contribution in [0.1, 0.15) is 17.2 Å². The van der Waals surface area contributed by atoms with Gasteiger partial charge in [0.2, 0.25) is 0 Å². The Morgan fingerprint density at radius 2 is 1.80 bits per heavy atom. The predicted octanol–water partition coefficient (Wildman–Crippen LogP) is 4.28. The van der Waals surface area contributed by atoms with Crippen molar-refractivity contribution in [1.82, 2.24) is 5.32 Å². The van der Waals surface area contributed by atoms with Gasteiger partial charge in [0, 0.05) is 11.4 Å². The molecule has 2 amide bonds. The highest BCUT2D eigenvalue weighted by atomic mass is 32.2. The molecule has 0 saturated heterocycles. The van der Waals surface area contributed by atoms with Crippen LogP contribution >= 0.6 is 11.8 Å². The highest BCUT2D eigenvalue weighted by molar-refractivity contribution is 7.98. The molecule has 2 rings (SSSR count). The van der Waals surface area contributed by atoms with Gasteiger partial charge < -0.3 is 15.7 Å². The van der Waals surface area contributed by atoms with E-state index < -0.39 is 23.9 Å². The number of para-hydroxylation sites is 1. The van der Waals surface area contributed by atoms with E-state index in [4.69, 9.17) is 0 Å². The summed E-state index contributed by atoms with van der Waals surface area (Å²) in [6.07, 6.45) is -3.60. The second-order valence-corrected chi connectivity index (χ2v) is 6.05. The predicted molar refractivity (Wildman–Crippen MR) is 91.6 cm³/mol. The van der Waals surface area contributed by atoms with Crippen LogP contribution in [0.3, 0.4) is 0 Å². The average molecular weight is 370 g/mol. The number of rotatable bonds is 5. The molecule has 4 nitrogen and oxygen atoms in total. The normalized spacial score (nSPS) is 12.5. The lowest BCUT2D eigenvalue weighted by Gasteiger charge is -2.16. The molecule has 0 bridgehead atoms. The molecular weight excluding hydrogens is 353 g/mol. The molecule has 0 fully saturated rings. The Hall–Kier alpha value is -2.19. The van der Waals surface area contributed by atoms with Crippen molar-refractivity contribution in [2.24, 2.45) is 0 Å². The minimum Gasteiger partial charge on any atom is -0.387 e. The maximum Gasteiger partial charge on any atom is 0.418 e. The number of alkyl halides is 3. The number of carbonyl (C=O) groups is 1. The van der Waals surface area contributed by atoms with E-state index in [1.807, 2.05) is 18.4 Å². The largest absolute Gasteiger partial charge is 0.418 e. The van der Waals surface area contributed by atoms with Crippen LogP contribution in [0.25, 0.3) is 0 Å². The smallest absolute Gasteiger partial charge is 0.387 e. The van der Waals surface area contributed by atoms with Crippen molar-refractivity contribution in [2.45, 2.75) is 17.2 Å². The SMILES string of the molecule is CSc1ccc(C(O)CNC(=O)Nc2ccccc2C(F)(F)F)cc1. The number of aliphatic hydroxyl groups excluding tert-OH is 1. The van der Waals surface area contributed by atoms with Crippen molar-refractivity contribution < 1.29 is 23.1 Å². The fourth-order valence-corrected chi connectivity index (χ4v) is 2.55. The zero-order valence-corrected chi connectivity index (χ0v) is 14.1. The van der Waals surface area contributed by atoms with Gasteiger partial charge in [-0.3, -0.25) is 0 Å². The minimum absolute atomic E-state index is 0.126. The topological polar surface area (TPSA) is 61.4 Å². The molecule has 1 unspecified atom stereocenters. The Balaban J connectivity index is 1.94. The van der Waals surface area contributed by atoms with Gasteiger partial charge in [-0.1, -0.05) is 24.3 Å². The molecule has 1 atom stereocenters. The summed E-state index contributed by atoms with van der Waals surface area (Å²) in [5, 5.41) is 14.6. The van der Waals surface area contributed by atoms with E-state index in [9.17, 15) is 23.1 Å². The zero-order chi connectivity index (χ0) is 18.4. The first-order chi connectivity index (χ1) is 11.8. The highest BCUT2D eigenvalue weighted by Gasteiger charge is 2.33. The lowest BCUT2D eigenvalue weighted by atomic mass is 10.1. The van der Waals surface area contributed by atoms with Gasteiger partial charge in [-0.15, -0.1) is 11.8 Å². The van der Waals surface area contributed by atoms with Crippen LogP contribution in [-0.2, 0) is 6.18 Å². The Morgan fingerprint density at radius 1 is 1.16 bits per heavy atom. The Labute approximate surface area is 147 Å². The van der Waals surface area contributed by atoms with E-state index in [1.54, 1.807) is 23.9 Å². The van der Waals surface area contributed by atoms with E-state index in [1.165, 1.54) is 18.2 Å². The van der Waals surface area contributed by atoms with Crippen molar-refractivity contribution in [3.05, 3.63) is 59.7 Å². The third kappa shape index (κ3) is 5.40. The van der Waals surface area contributed by atoms with Gasteiger partial charge in [0.15, 0.2) is 0 Å². The number of urea groups is 1. The summed E-state index contributed by atoms with van der Waals surface area (Å²) in [5.74, 6) is 0. The van der Waals surface area contributed by atoms with Crippen LogP contribution < -0.4 is 10.6 Å². The number of anilines is 1. The van der Waals surface area contributed by atoms with E-state index in [0.717, 1.165) is 11.0 Å². The third-order valence-electron chi connectivity index (χ3n) is 3.44. The monoisotopic (exact) mass is 370 g/mol. The second kappa shape index (κ2) is 8.26. The van der Waals surface area contributed by atoms with Crippen molar-refractivity contribution in [3.8, 4) is 0 Å². The molecule has 8 heteroatoms. The molecule has 0 aromatic heterocycles. The van der Waals surface area contributed by atoms with E-state index in [2.05, 4.69) is 10.6 Å². The summed E-state index contributed by atoms with van der Waals surface area (Å²) in [6.45, 7) is -0.126. The fourth-order valence-electron chi connectivity index (χ4n) is 2.14. The first kappa shape index (κ1) is 19.1. The van der Waals surface area contributed by atoms with Crippen LogP contribution in [0.2, 0.25) is 0 Å². The van der Waals surface area contributed by atoms with Crippen molar-refractivity contribution in [1.29, 1.82) is 0 Å². The van der Waals surface area contributed by atoms with Crippen LogP contribution in [-0.4, -0.2) is 23.9 Å². The number of nitrogens with one attached hydrogen (secondary N) is 2. The van der Waals surface area contributed by atoms with Gasteiger partial charge >= 0.3 is 12.2 Å². The van der Waals surface area contributed by atoms with E-state index in [0.29, 0.717) is 5.56 Å². The van der Waals surface area contributed by atoms with Gasteiger partial charge in [0.25, 0.3) is 0 Å². The van der Waals surface area contributed by atoms with E-state index in [-0.39, 0.29) is 12.2 Å². The maximum absolute atomic E-state index is 12.9. The number of halogens is 3. The first-order valence-electron chi connectivity index (χ1n) is 7.34. The molecule has 0 radical (unpaired) electrons. The summed E-state index contributed by atoms with van der Waals surface area (Å²) < 4.78 is 38.6. The van der Waals surface area contributed by atoms with Gasteiger partial charge in [0.1, 0.15) is 0 Å². The Kier molecular flexibility index (Phi) is 6.33. The summed E-state index contributed by atoms with van der Waals surface area (Å²) >= 11 is 1.56. The Bertz CT molecular complexity index is 721. The zero-order valence-electron chi connectivity index (χ0n) is 13.3. The van der Waals surface area contributed by atoms with Crippen molar-refractivity contribution >= 4 is 23.5 Å². The number of amides is 2. The van der Waals surface area contributed by atoms with Crippen molar-refractivity contribution in [3.63, 3.8) is 0 Å². The molecule has 0 aliphatic carbocycles. The van der Waals surface area contributed by atoms with Gasteiger partial charge in [0.05, 0.1) is 17.4 Å². The number of benzene rings is 2. The van der Waals surface area contributed by atoms with Gasteiger partial charge in [-0.05, 0) is 36.1 Å². The second-order valence-electron chi connectivity index (χ2n) is 5.17. The van der Waals surface area contributed by atoms with Crippen LogP contribution in [0.4, 0.5) is 23.7 Å². The summed E-state index contributed by atoms with van der Waals surface area (Å²) in [5.41, 5.74) is -0.668. The molecule has 0 aliphatic rings. The number of thioether (sulfide) groups is 1. The average Bonchev–Trinajstić information content (AvgIpc) is 2.59. The quantitative estimate of drug-likeness (QED) is 0.689. The third-order valence-corrected chi connectivity index (χ3v) is 4.18. The molecule has 3 N–H and O–H groups in total.